The number of hydrogen-bond acceptors (Lipinski definition) is 4. The van der Waals surface area contributed by atoms with Gasteiger partial charge in [0.05, 0.1) is 5.69 Å². The Labute approximate surface area is 123 Å². The molecule has 0 bridgehead atoms. The van der Waals surface area contributed by atoms with Gasteiger partial charge in [0.2, 0.25) is 0 Å². The van der Waals surface area contributed by atoms with Crippen molar-refractivity contribution in [2.75, 3.05) is 19.6 Å². The molecule has 6 nitrogen and oxygen atoms in total. The molecule has 6 heteroatoms. The van der Waals surface area contributed by atoms with Gasteiger partial charge in [-0.1, -0.05) is 6.92 Å². The molecule has 2 N–H and O–H groups in total. The van der Waals surface area contributed by atoms with Crippen molar-refractivity contribution in [3.05, 3.63) is 42.5 Å². The molecule has 2 aromatic rings. The van der Waals surface area contributed by atoms with E-state index in [0.29, 0.717) is 18.8 Å². The number of hydrogen-bond donors (Lipinski definition) is 1. The number of likely N-dealkylation sites (tertiary alicyclic amines) is 1. The average molecular weight is 285 g/mol. The SMILES string of the molecule is CC1(CN)CCN(C(=O)c2cc(-n3cccn3)ccn2)C1. The molecule has 0 spiro atoms. The van der Waals surface area contributed by atoms with E-state index in [-0.39, 0.29) is 11.3 Å². The van der Waals surface area contributed by atoms with E-state index in [4.69, 9.17) is 5.73 Å². The maximum absolute atomic E-state index is 12.6. The van der Waals surface area contributed by atoms with Crippen LogP contribution in [-0.2, 0) is 0 Å². The highest BCUT2D eigenvalue weighted by atomic mass is 16.2. The Morgan fingerprint density at radius 2 is 2.33 bits per heavy atom. The van der Waals surface area contributed by atoms with Crippen LogP contribution in [0.4, 0.5) is 0 Å². The first-order chi connectivity index (χ1) is 10.1. The molecular weight excluding hydrogens is 266 g/mol. The first-order valence-electron chi connectivity index (χ1n) is 7.07. The molecule has 1 atom stereocenters. The Hall–Kier alpha value is -2.21. The third-order valence-electron chi connectivity index (χ3n) is 4.07. The molecule has 1 aliphatic rings. The van der Waals surface area contributed by atoms with Gasteiger partial charge in [-0.2, -0.15) is 5.10 Å². The lowest BCUT2D eigenvalue weighted by atomic mass is 9.90. The predicted molar refractivity (Wildman–Crippen MR) is 79.0 cm³/mol. The van der Waals surface area contributed by atoms with Crippen LogP contribution in [0.1, 0.15) is 23.8 Å². The second-order valence-corrected chi connectivity index (χ2v) is 5.84. The molecule has 3 heterocycles. The molecule has 0 aromatic carbocycles. The molecule has 21 heavy (non-hydrogen) atoms. The summed E-state index contributed by atoms with van der Waals surface area (Å²) in [7, 11) is 0. The summed E-state index contributed by atoms with van der Waals surface area (Å²) < 4.78 is 1.71. The van der Waals surface area contributed by atoms with Gasteiger partial charge in [0, 0.05) is 31.7 Å². The van der Waals surface area contributed by atoms with Crippen LogP contribution in [0.25, 0.3) is 5.69 Å². The fraction of sp³-hybridized carbons (Fsp3) is 0.400. The van der Waals surface area contributed by atoms with Crippen molar-refractivity contribution in [3.8, 4) is 5.69 Å². The fourth-order valence-electron chi connectivity index (χ4n) is 2.63. The van der Waals surface area contributed by atoms with Crippen molar-refractivity contribution in [3.63, 3.8) is 0 Å². The molecule has 1 unspecified atom stereocenters. The smallest absolute Gasteiger partial charge is 0.272 e. The summed E-state index contributed by atoms with van der Waals surface area (Å²) in [6, 6.07) is 5.44. The zero-order valence-corrected chi connectivity index (χ0v) is 12.1. The molecule has 0 radical (unpaired) electrons. The number of nitrogens with two attached hydrogens (primary N) is 1. The number of amides is 1. The van der Waals surface area contributed by atoms with Crippen LogP contribution in [0.15, 0.2) is 36.8 Å². The van der Waals surface area contributed by atoms with Gasteiger partial charge in [0.15, 0.2) is 0 Å². The minimum absolute atomic E-state index is 0.0231. The molecule has 1 aliphatic heterocycles. The maximum atomic E-state index is 12.6. The number of rotatable bonds is 3. The topological polar surface area (TPSA) is 77.0 Å². The normalized spacial score (nSPS) is 21.7. The highest BCUT2D eigenvalue weighted by Gasteiger charge is 2.35. The summed E-state index contributed by atoms with van der Waals surface area (Å²) in [4.78, 5) is 18.6. The van der Waals surface area contributed by atoms with Crippen molar-refractivity contribution in [1.29, 1.82) is 0 Å². The van der Waals surface area contributed by atoms with E-state index in [0.717, 1.165) is 18.7 Å². The third kappa shape index (κ3) is 2.67. The second-order valence-electron chi connectivity index (χ2n) is 5.84. The van der Waals surface area contributed by atoms with E-state index in [1.54, 1.807) is 23.1 Å². The Morgan fingerprint density at radius 1 is 1.48 bits per heavy atom. The molecule has 110 valence electrons. The van der Waals surface area contributed by atoms with Crippen LogP contribution in [0.2, 0.25) is 0 Å². The van der Waals surface area contributed by atoms with Crippen molar-refractivity contribution >= 4 is 5.91 Å². The van der Waals surface area contributed by atoms with Crippen LogP contribution in [0.3, 0.4) is 0 Å². The molecular formula is C15H19N5O. The van der Waals surface area contributed by atoms with Crippen LogP contribution in [0.5, 0.6) is 0 Å². The number of carbonyl (C=O) groups excluding carboxylic acids is 1. The van der Waals surface area contributed by atoms with Crippen molar-refractivity contribution in [1.82, 2.24) is 19.7 Å². The first-order valence-corrected chi connectivity index (χ1v) is 7.07. The lowest BCUT2D eigenvalue weighted by Gasteiger charge is -2.22. The van der Waals surface area contributed by atoms with Gasteiger partial charge < -0.3 is 10.6 Å². The summed E-state index contributed by atoms with van der Waals surface area (Å²) in [6.45, 7) is 4.14. The molecule has 0 saturated carbocycles. The van der Waals surface area contributed by atoms with Gasteiger partial charge in [-0.15, -0.1) is 0 Å². The first kappa shape index (κ1) is 13.8. The van der Waals surface area contributed by atoms with Gasteiger partial charge in [-0.3, -0.25) is 9.78 Å². The van der Waals surface area contributed by atoms with Gasteiger partial charge in [-0.25, -0.2) is 4.68 Å². The lowest BCUT2D eigenvalue weighted by Crippen LogP contribution is -2.34. The molecule has 2 aromatic heterocycles. The number of nitrogens with zero attached hydrogens (tertiary/aromatic N) is 4. The second kappa shape index (κ2) is 5.29. The zero-order valence-electron chi connectivity index (χ0n) is 12.1. The van der Waals surface area contributed by atoms with Gasteiger partial charge >= 0.3 is 0 Å². The third-order valence-corrected chi connectivity index (χ3v) is 4.07. The van der Waals surface area contributed by atoms with E-state index < -0.39 is 0 Å². The lowest BCUT2D eigenvalue weighted by molar-refractivity contribution is 0.0771. The van der Waals surface area contributed by atoms with Crippen molar-refractivity contribution in [2.45, 2.75) is 13.3 Å². The largest absolute Gasteiger partial charge is 0.337 e. The number of carbonyl (C=O) groups is 1. The minimum Gasteiger partial charge on any atom is -0.337 e. The van der Waals surface area contributed by atoms with Crippen LogP contribution >= 0.6 is 0 Å². The maximum Gasteiger partial charge on any atom is 0.272 e. The number of pyridine rings is 1. The van der Waals surface area contributed by atoms with Gasteiger partial charge in [0.25, 0.3) is 5.91 Å². The highest BCUT2D eigenvalue weighted by molar-refractivity contribution is 5.93. The monoisotopic (exact) mass is 285 g/mol. The molecule has 0 aliphatic carbocycles. The zero-order chi connectivity index (χ0) is 14.9. The van der Waals surface area contributed by atoms with E-state index in [2.05, 4.69) is 17.0 Å². The summed E-state index contributed by atoms with van der Waals surface area (Å²) in [5.74, 6) is -0.0406. The summed E-state index contributed by atoms with van der Waals surface area (Å²) >= 11 is 0. The van der Waals surface area contributed by atoms with E-state index in [9.17, 15) is 4.79 Å². The molecule has 1 saturated heterocycles. The Kier molecular flexibility index (Phi) is 3.47. The summed E-state index contributed by atoms with van der Waals surface area (Å²) in [5, 5.41) is 4.17. The van der Waals surface area contributed by atoms with Crippen LogP contribution in [0, 0.1) is 5.41 Å². The molecule has 3 rings (SSSR count). The van der Waals surface area contributed by atoms with Crippen LogP contribution in [-0.4, -0.2) is 45.2 Å². The number of aromatic nitrogens is 3. The standard InChI is InChI=1S/C15H19N5O/c1-15(10-16)4-8-19(11-15)14(21)13-9-12(3-6-17-13)20-7-2-5-18-20/h2-3,5-7,9H,4,8,10-11,16H2,1H3. The Balaban J connectivity index is 1.81. The van der Waals surface area contributed by atoms with Crippen LogP contribution < -0.4 is 5.73 Å². The van der Waals surface area contributed by atoms with Gasteiger partial charge in [-0.05, 0) is 36.6 Å². The van der Waals surface area contributed by atoms with E-state index in [1.165, 1.54) is 0 Å². The predicted octanol–water partition coefficient (Wildman–Crippen LogP) is 1.08. The molecule has 1 amide bonds. The average Bonchev–Trinajstić information content (AvgIpc) is 3.17. The van der Waals surface area contributed by atoms with Gasteiger partial charge in [0.1, 0.15) is 5.69 Å². The quantitative estimate of drug-likeness (QED) is 0.915. The summed E-state index contributed by atoms with van der Waals surface area (Å²) in [6.07, 6.45) is 6.12. The Morgan fingerprint density at radius 3 is 3.00 bits per heavy atom. The van der Waals surface area contributed by atoms with E-state index in [1.807, 2.05) is 23.2 Å². The minimum atomic E-state index is -0.0406. The fourth-order valence-corrected chi connectivity index (χ4v) is 2.63. The summed E-state index contributed by atoms with van der Waals surface area (Å²) in [5.41, 5.74) is 7.10. The van der Waals surface area contributed by atoms with E-state index >= 15 is 0 Å². The van der Waals surface area contributed by atoms with Crippen molar-refractivity contribution < 1.29 is 4.79 Å². The highest BCUT2D eigenvalue weighted by Crippen LogP contribution is 2.29. The van der Waals surface area contributed by atoms with Crippen molar-refractivity contribution in [2.24, 2.45) is 11.1 Å². The molecule has 1 fully saturated rings. The Bertz CT molecular complexity index is 639.